The van der Waals surface area contributed by atoms with Crippen LogP contribution < -0.4 is 17.0 Å². The van der Waals surface area contributed by atoms with E-state index < -0.39 is 40.0 Å². The summed E-state index contributed by atoms with van der Waals surface area (Å²) >= 11 is 1.32. The van der Waals surface area contributed by atoms with Crippen molar-refractivity contribution in [3.8, 4) is 0 Å². The molecule has 1 fully saturated rings. The zero-order valence-electron chi connectivity index (χ0n) is 16.6. The zero-order chi connectivity index (χ0) is 21.8. The van der Waals surface area contributed by atoms with Gasteiger partial charge in [-0.2, -0.15) is 0 Å². The molecule has 0 aliphatic carbocycles. The van der Waals surface area contributed by atoms with Gasteiger partial charge in [-0.15, -0.1) is 11.8 Å². The highest BCUT2D eigenvalue weighted by Crippen LogP contribution is 2.42. The van der Waals surface area contributed by atoms with Crippen LogP contribution in [0.1, 0.15) is 40.2 Å². The van der Waals surface area contributed by atoms with Gasteiger partial charge in [0, 0.05) is 18.2 Å². The highest BCUT2D eigenvalue weighted by Gasteiger charge is 2.39. The van der Waals surface area contributed by atoms with E-state index in [2.05, 4.69) is 4.98 Å². The first kappa shape index (κ1) is 21.7. The van der Waals surface area contributed by atoms with E-state index in [0.717, 1.165) is 5.56 Å². The Morgan fingerprint density at radius 1 is 1.27 bits per heavy atom. The Bertz CT molecular complexity index is 1050. The van der Waals surface area contributed by atoms with Gasteiger partial charge in [-0.3, -0.25) is 14.3 Å². The van der Waals surface area contributed by atoms with Crippen molar-refractivity contribution in [1.29, 1.82) is 0 Å². The third kappa shape index (κ3) is 4.93. The summed E-state index contributed by atoms with van der Waals surface area (Å²) in [6, 6.07) is 6.96. The number of aromatic nitrogens is 2. The van der Waals surface area contributed by atoms with Crippen molar-refractivity contribution in [3.05, 3.63) is 68.0 Å². The summed E-state index contributed by atoms with van der Waals surface area (Å²) in [6.07, 6.45) is 0.675. The van der Waals surface area contributed by atoms with Crippen molar-refractivity contribution in [2.45, 2.75) is 43.4 Å². The number of H-pyrrole nitrogens is 1. The number of carbonyl (C=O) groups is 2. The van der Waals surface area contributed by atoms with E-state index in [1.54, 1.807) is 12.1 Å². The number of amides is 1. The summed E-state index contributed by atoms with van der Waals surface area (Å²) in [5.41, 5.74) is 6.11. The fraction of sp³-hybridized carbons (Fsp3) is 0.400. The average molecular weight is 433 g/mol. The Morgan fingerprint density at radius 3 is 2.60 bits per heavy atom. The van der Waals surface area contributed by atoms with Crippen LogP contribution in [0, 0.1) is 6.92 Å². The van der Waals surface area contributed by atoms with Gasteiger partial charge in [0.25, 0.3) is 5.56 Å². The fourth-order valence-corrected chi connectivity index (χ4v) is 4.70. The number of aryl methyl sites for hydroxylation is 2. The third-order valence-electron chi connectivity index (χ3n) is 4.85. The van der Waals surface area contributed by atoms with Crippen LogP contribution in [0.4, 0.5) is 4.79 Å². The van der Waals surface area contributed by atoms with Crippen LogP contribution >= 0.6 is 11.8 Å². The maximum atomic E-state index is 12.3. The second kappa shape index (κ2) is 9.21. The summed E-state index contributed by atoms with van der Waals surface area (Å²) < 4.78 is 12.0. The Labute approximate surface area is 176 Å². The maximum absolute atomic E-state index is 12.3. The van der Waals surface area contributed by atoms with E-state index in [4.69, 9.17) is 15.2 Å². The molecule has 10 heteroatoms. The van der Waals surface area contributed by atoms with Crippen molar-refractivity contribution in [3.63, 3.8) is 0 Å². The molecule has 0 bridgehead atoms. The smallest absolute Gasteiger partial charge is 0.404 e. The molecular formula is C20H23N3O6S. The standard InChI is InChI=1S/C20H23N3O6S/c1-3-12-9-23(20(27)22-17(12)24)16-8-14(29-19(21)26)15(30-16)10-28-18(25)13-6-4-11(2)5-7-13/h4-7,9,14-16H,3,8,10H2,1-2H3,(H2,21,26)(H,22,24,27)/t14-,15+,16?/m0/s1. The highest BCUT2D eigenvalue weighted by atomic mass is 32.2. The molecule has 0 saturated carbocycles. The molecule has 3 N–H and O–H groups in total. The predicted octanol–water partition coefficient (Wildman–Crippen LogP) is 1.73. The molecule has 30 heavy (non-hydrogen) atoms. The summed E-state index contributed by atoms with van der Waals surface area (Å²) in [5.74, 6) is -0.494. The summed E-state index contributed by atoms with van der Waals surface area (Å²) in [5, 5.41) is -0.826. The van der Waals surface area contributed by atoms with Gasteiger partial charge in [0.05, 0.1) is 16.2 Å². The number of esters is 1. The molecule has 1 saturated heterocycles. The number of nitrogens with zero attached hydrogens (tertiary/aromatic N) is 1. The SMILES string of the molecule is CCc1cn(C2C[C@H](OC(N)=O)[C@@H](COC(=O)c3ccc(C)cc3)S2)c(=O)[nH]c1=O. The lowest BCUT2D eigenvalue weighted by Crippen LogP contribution is -2.33. The normalized spacial score (nSPS) is 20.7. The van der Waals surface area contributed by atoms with Crippen LogP contribution in [-0.4, -0.2) is 39.6 Å². The van der Waals surface area contributed by atoms with Gasteiger partial charge in [-0.05, 0) is 25.5 Å². The van der Waals surface area contributed by atoms with Gasteiger partial charge < -0.3 is 15.2 Å². The predicted molar refractivity (Wildman–Crippen MR) is 112 cm³/mol. The molecule has 0 spiro atoms. The lowest BCUT2D eigenvalue weighted by molar-refractivity contribution is 0.0425. The number of thioether (sulfide) groups is 1. The number of ether oxygens (including phenoxy) is 2. The molecule has 1 aromatic heterocycles. The molecule has 1 aliphatic heterocycles. The quantitative estimate of drug-likeness (QED) is 0.663. The fourth-order valence-electron chi connectivity index (χ4n) is 3.22. The largest absolute Gasteiger partial charge is 0.461 e. The number of rotatable bonds is 6. The van der Waals surface area contributed by atoms with Crippen LogP contribution in [0.3, 0.4) is 0 Å². The van der Waals surface area contributed by atoms with Crippen LogP contribution in [0.5, 0.6) is 0 Å². The van der Waals surface area contributed by atoms with E-state index in [-0.39, 0.29) is 13.0 Å². The van der Waals surface area contributed by atoms with Gasteiger partial charge in [-0.1, -0.05) is 24.6 Å². The molecule has 1 unspecified atom stereocenters. The average Bonchev–Trinajstić information content (AvgIpc) is 3.08. The van der Waals surface area contributed by atoms with Crippen molar-refractivity contribution < 1.29 is 19.1 Å². The van der Waals surface area contributed by atoms with Crippen molar-refractivity contribution in [2.24, 2.45) is 5.73 Å². The highest BCUT2D eigenvalue weighted by molar-refractivity contribution is 8.00. The van der Waals surface area contributed by atoms with Gasteiger partial charge in [0.2, 0.25) is 0 Å². The van der Waals surface area contributed by atoms with Gasteiger partial charge in [0.15, 0.2) is 0 Å². The molecule has 1 amide bonds. The monoisotopic (exact) mass is 433 g/mol. The first-order valence-electron chi connectivity index (χ1n) is 9.48. The number of hydrogen-bond acceptors (Lipinski definition) is 7. The number of nitrogens with two attached hydrogens (primary N) is 1. The van der Waals surface area contributed by atoms with Crippen LogP contribution in [-0.2, 0) is 15.9 Å². The first-order valence-corrected chi connectivity index (χ1v) is 10.4. The second-order valence-electron chi connectivity index (χ2n) is 6.98. The number of aromatic amines is 1. The molecule has 2 heterocycles. The van der Waals surface area contributed by atoms with Gasteiger partial charge in [0.1, 0.15) is 12.7 Å². The molecule has 1 aromatic carbocycles. The third-order valence-corrected chi connectivity index (χ3v) is 6.37. The minimum Gasteiger partial charge on any atom is -0.461 e. The number of primary amides is 1. The van der Waals surface area contributed by atoms with Gasteiger partial charge in [-0.25, -0.2) is 14.4 Å². The summed E-state index contributed by atoms with van der Waals surface area (Å²) in [6.45, 7) is 3.71. The Balaban J connectivity index is 1.75. The van der Waals surface area contributed by atoms with E-state index >= 15 is 0 Å². The van der Waals surface area contributed by atoms with E-state index in [1.807, 2.05) is 26.0 Å². The number of hydrogen-bond donors (Lipinski definition) is 2. The molecule has 0 radical (unpaired) electrons. The molecule has 3 atom stereocenters. The molecule has 3 rings (SSSR count). The molecular weight excluding hydrogens is 410 g/mol. The molecule has 9 nitrogen and oxygen atoms in total. The lowest BCUT2D eigenvalue weighted by Gasteiger charge is -2.17. The van der Waals surface area contributed by atoms with Crippen molar-refractivity contribution in [2.75, 3.05) is 6.61 Å². The summed E-state index contributed by atoms with van der Waals surface area (Å²) in [7, 11) is 0. The van der Waals surface area contributed by atoms with Crippen LogP contribution in [0.25, 0.3) is 0 Å². The molecule has 2 aromatic rings. The maximum Gasteiger partial charge on any atom is 0.404 e. The minimum atomic E-state index is -0.945. The van der Waals surface area contributed by atoms with E-state index in [9.17, 15) is 19.2 Å². The van der Waals surface area contributed by atoms with Gasteiger partial charge >= 0.3 is 17.8 Å². The lowest BCUT2D eigenvalue weighted by atomic mass is 10.1. The summed E-state index contributed by atoms with van der Waals surface area (Å²) in [4.78, 5) is 50.0. The number of benzene rings is 1. The Morgan fingerprint density at radius 2 is 1.97 bits per heavy atom. The number of nitrogens with one attached hydrogen (secondary N) is 1. The van der Waals surface area contributed by atoms with Crippen molar-refractivity contribution in [1.82, 2.24) is 9.55 Å². The zero-order valence-corrected chi connectivity index (χ0v) is 17.4. The van der Waals surface area contributed by atoms with E-state index in [1.165, 1.54) is 22.5 Å². The number of carbonyl (C=O) groups excluding carboxylic acids is 2. The first-order chi connectivity index (χ1) is 14.3. The Hall–Kier alpha value is -3.01. The minimum absolute atomic E-state index is 0.0233. The molecule has 160 valence electrons. The van der Waals surface area contributed by atoms with E-state index in [0.29, 0.717) is 17.5 Å². The van der Waals surface area contributed by atoms with Crippen LogP contribution in [0.15, 0.2) is 40.1 Å². The topological polar surface area (TPSA) is 133 Å². The molecule has 1 aliphatic rings. The van der Waals surface area contributed by atoms with Crippen LogP contribution in [0.2, 0.25) is 0 Å². The second-order valence-corrected chi connectivity index (χ2v) is 8.40. The Kier molecular flexibility index (Phi) is 6.66. The van der Waals surface area contributed by atoms with Crippen molar-refractivity contribution >= 4 is 23.8 Å².